The summed E-state index contributed by atoms with van der Waals surface area (Å²) in [6.07, 6.45) is 16.3. The predicted molar refractivity (Wildman–Crippen MR) is 106 cm³/mol. The molecule has 0 saturated heterocycles. The second-order valence-electron chi connectivity index (χ2n) is 6.43. The van der Waals surface area contributed by atoms with E-state index in [9.17, 15) is 25.0 Å². The summed E-state index contributed by atoms with van der Waals surface area (Å²) in [6, 6.07) is 0. The summed E-state index contributed by atoms with van der Waals surface area (Å²) in [5, 5.41) is 22.2. The third-order valence-corrected chi connectivity index (χ3v) is 4.15. The van der Waals surface area contributed by atoms with Crippen LogP contribution >= 0.6 is 0 Å². The summed E-state index contributed by atoms with van der Waals surface area (Å²) in [7, 11) is 0. The molecule has 0 rings (SSSR count). The molecular formula is C20H32N2O5. The number of aldehydes is 1. The Morgan fingerprint density at radius 3 is 2.07 bits per heavy atom. The maximum absolute atomic E-state index is 11.1. The number of nitrogens with zero attached hydrogens (tertiary/aromatic N) is 2. The highest BCUT2D eigenvalue weighted by atomic mass is 16.6. The van der Waals surface area contributed by atoms with E-state index in [1.165, 1.54) is 12.2 Å². The highest BCUT2D eigenvalue weighted by molar-refractivity contribution is 5.48. The third-order valence-electron chi connectivity index (χ3n) is 4.15. The summed E-state index contributed by atoms with van der Waals surface area (Å²) >= 11 is 0. The molecule has 0 unspecified atom stereocenters. The molecule has 7 nitrogen and oxygen atoms in total. The van der Waals surface area contributed by atoms with Gasteiger partial charge in [-0.05, 0) is 44.3 Å². The average molecular weight is 380 g/mol. The molecule has 152 valence electrons. The largest absolute Gasteiger partial charge is 0.303 e. The van der Waals surface area contributed by atoms with Crippen LogP contribution in [-0.2, 0) is 4.79 Å². The number of carbonyl (C=O) groups is 1. The van der Waals surface area contributed by atoms with Crippen molar-refractivity contribution in [3.8, 4) is 0 Å². The molecular weight excluding hydrogens is 348 g/mol. The summed E-state index contributed by atoms with van der Waals surface area (Å²) in [5.74, 6) is 0. The van der Waals surface area contributed by atoms with E-state index in [-0.39, 0.29) is 24.2 Å². The molecule has 0 bridgehead atoms. The highest BCUT2D eigenvalue weighted by Crippen LogP contribution is 2.14. The number of allylic oxidation sites excluding steroid dienone is 5. The Labute approximate surface area is 161 Å². The van der Waals surface area contributed by atoms with Gasteiger partial charge in [0.15, 0.2) is 0 Å². The van der Waals surface area contributed by atoms with Gasteiger partial charge in [-0.1, -0.05) is 44.8 Å². The molecule has 0 aromatic rings. The number of hydrogen-bond acceptors (Lipinski definition) is 5. The Bertz CT molecular complexity index is 538. The van der Waals surface area contributed by atoms with Gasteiger partial charge in [-0.15, -0.1) is 0 Å². The lowest BCUT2D eigenvalue weighted by molar-refractivity contribution is -0.428. The molecule has 0 amide bonds. The Morgan fingerprint density at radius 1 is 0.815 bits per heavy atom. The summed E-state index contributed by atoms with van der Waals surface area (Å²) < 4.78 is 0. The molecule has 0 N–H and O–H groups in total. The Hall–Kier alpha value is -2.31. The van der Waals surface area contributed by atoms with Gasteiger partial charge in [0.25, 0.3) is 0 Å². The van der Waals surface area contributed by atoms with Crippen LogP contribution in [0.5, 0.6) is 0 Å². The lowest BCUT2D eigenvalue weighted by Gasteiger charge is -1.99. The smallest absolute Gasteiger partial charge is 0.246 e. The van der Waals surface area contributed by atoms with Crippen molar-refractivity contribution in [1.29, 1.82) is 0 Å². The first-order valence-corrected chi connectivity index (χ1v) is 9.78. The molecule has 0 spiro atoms. The van der Waals surface area contributed by atoms with Crippen molar-refractivity contribution in [2.24, 2.45) is 0 Å². The second-order valence-corrected chi connectivity index (χ2v) is 6.43. The molecule has 0 aliphatic heterocycles. The standard InChI is InChI=1S/C20H32N2O5/c1-2-3-4-5-7-10-14-19(21(24)25)16-13-17-20(22(26)27)15-11-8-6-9-12-18-23/h7,10,16-18H,2-6,8-9,11-15H2,1H3/b10-7-,19-16+,20-17+. The van der Waals surface area contributed by atoms with Crippen molar-refractivity contribution in [1.82, 2.24) is 0 Å². The highest BCUT2D eigenvalue weighted by Gasteiger charge is 2.11. The van der Waals surface area contributed by atoms with Crippen molar-refractivity contribution < 1.29 is 14.6 Å². The first kappa shape index (κ1) is 24.7. The van der Waals surface area contributed by atoms with Gasteiger partial charge in [-0.3, -0.25) is 20.2 Å². The molecule has 0 radical (unpaired) electrons. The Kier molecular flexibility index (Phi) is 15.7. The van der Waals surface area contributed by atoms with Crippen LogP contribution in [0.3, 0.4) is 0 Å². The maximum Gasteiger partial charge on any atom is 0.246 e. The predicted octanol–water partition coefficient (Wildman–Crippen LogP) is 5.76. The van der Waals surface area contributed by atoms with Gasteiger partial charge in [0.1, 0.15) is 6.29 Å². The van der Waals surface area contributed by atoms with Crippen LogP contribution in [0.1, 0.15) is 84.0 Å². The van der Waals surface area contributed by atoms with Crippen molar-refractivity contribution in [2.75, 3.05) is 0 Å². The molecule has 7 heteroatoms. The molecule has 0 atom stereocenters. The van der Waals surface area contributed by atoms with Crippen LogP contribution in [0.25, 0.3) is 0 Å². The van der Waals surface area contributed by atoms with Crippen LogP contribution in [0, 0.1) is 20.2 Å². The molecule has 0 fully saturated rings. The number of hydrogen-bond donors (Lipinski definition) is 0. The van der Waals surface area contributed by atoms with Gasteiger partial charge in [-0.25, -0.2) is 0 Å². The van der Waals surface area contributed by atoms with E-state index in [2.05, 4.69) is 6.92 Å². The second kappa shape index (κ2) is 17.1. The van der Waals surface area contributed by atoms with Gasteiger partial charge in [-0.2, -0.15) is 0 Å². The molecule has 0 heterocycles. The lowest BCUT2D eigenvalue weighted by Crippen LogP contribution is -2.00. The molecule has 0 aromatic heterocycles. The minimum absolute atomic E-state index is 0.0644. The topological polar surface area (TPSA) is 103 Å². The van der Waals surface area contributed by atoms with E-state index in [1.807, 2.05) is 6.08 Å². The minimum Gasteiger partial charge on any atom is -0.303 e. The van der Waals surface area contributed by atoms with E-state index in [4.69, 9.17) is 0 Å². The van der Waals surface area contributed by atoms with Crippen molar-refractivity contribution in [3.63, 3.8) is 0 Å². The first-order valence-electron chi connectivity index (χ1n) is 9.78. The third kappa shape index (κ3) is 14.5. The monoisotopic (exact) mass is 380 g/mol. The molecule has 0 aromatic carbocycles. The maximum atomic E-state index is 11.1. The zero-order valence-electron chi connectivity index (χ0n) is 16.3. The van der Waals surface area contributed by atoms with Gasteiger partial charge in [0, 0.05) is 12.8 Å². The molecule has 27 heavy (non-hydrogen) atoms. The van der Waals surface area contributed by atoms with Crippen LogP contribution in [0.2, 0.25) is 0 Å². The molecule has 0 saturated carbocycles. The SMILES string of the molecule is CCCCC/C=C\C/C(=C\C/C=C(\CCCCCCC=O)[N+](=O)[O-])[N+](=O)[O-]. The van der Waals surface area contributed by atoms with Crippen molar-refractivity contribution in [3.05, 3.63) is 55.9 Å². The van der Waals surface area contributed by atoms with E-state index in [1.54, 1.807) is 6.08 Å². The van der Waals surface area contributed by atoms with Gasteiger partial charge in [0.2, 0.25) is 11.4 Å². The zero-order valence-corrected chi connectivity index (χ0v) is 16.3. The fraction of sp³-hybridized carbons (Fsp3) is 0.650. The van der Waals surface area contributed by atoms with Crippen molar-refractivity contribution in [2.45, 2.75) is 84.0 Å². The van der Waals surface area contributed by atoms with E-state index in [0.717, 1.165) is 51.2 Å². The van der Waals surface area contributed by atoms with Crippen LogP contribution < -0.4 is 0 Å². The fourth-order valence-electron chi connectivity index (χ4n) is 2.55. The minimum atomic E-state index is -0.427. The van der Waals surface area contributed by atoms with Gasteiger partial charge in [0.05, 0.1) is 16.3 Å². The number of unbranched alkanes of at least 4 members (excludes halogenated alkanes) is 7. The first-order chi connectivity index (χ1) is 13.0. The number of nitro groups is 2. The Morgan fingerprint density at radius 2 is 1.44 bits per heavy atom. The van der Waals surface area contributed by atoms with Crippen LogP contribution in [-0.4, -0.2) is 16.1 Å². The quantitative estimate of drug-likeness (QED) is 0.105. The fourth-order valence-corrected chi connectivity index (χ4v) is 2.55. The normalized spacial score (nSPS) is 12.5. The number of rotatable bonds is 17. The average Bonchev–Trinajstić information content (AvgIpc) is 2.63. The van der Waals surface area contributed by atoms with Gasteiger partial charge >= 0.3 is 0 Å². The summed E-state index contributed by atoms with van der Waals surface area (Å²) in [5.41, 5.74) is 0.161. The van der Waals surface area contributed by atoms with Crippen LogP contribution in [0.15, 0.2) is 35.7 Å². The summed E-state index contributed by atoms with van der Waals surface area (Å²) in [6.45, 7) is 2.12. The van der Waals surface area contributed by atoms with E-state index in [0.29, 0.717) is 19.3 Å². The lowest BCUT2D eigenvalue weighted by atomic mass is 10.1. The zero-order chi connectivity index (χ0) is 20.3. The molecule has 0 aliphatic rings. The van der Waals surface area contributed by atoms with Crippen LogP contribution in [0.4, 0.5) is 0 Å². The van der Waals surface area contributed by atoms with E-state index < -0.39 is 9.85 Å². The molecule has 0 aliphatic carbocycles. The Balaban J connectivity index is 4.48. The number of carbonyl (C=O) groups excluding carboxylic acids is 1. The van der Waals surface area contributed by atoms with E-state index >= 15 is 0 Å². The van der Waals surface area contributed by atoms with Gasteiger partial charge < -0.3 is 4.79 Å². The van der Waals surface area contributed by atoms with Crippen molar-refractivity contribution >= 4 is 6.29 Å². The summed E-state index contributed by atoms with van der Waals surface area (Å²) in [4.78, 5) is 31.6.